The fourth-order valence-electron chi connectivity index (χ4n) is 5.78. The first-order valence-electron chi connectivity index (χ1n) is 10.9. The molecular weight excluding hydrogens is 392 g/mol. The zero-order chi connectivity index (χ0) is 21.5. The molecule has 6 heteroatoms. The number of carbonyl (C=O) groups excluding carboxylic acids is 3. The van der Waals surface area contributed by atoms with Crippen molar-refractivity contribution in [3.63, 3.8) is 0 Å². The number of nitrogens with zero attached hydrogens (tertiary/aromatic N) is 1. The number of hydrogen-bond donors (Lipinski definition) is 1. The molecule has 0 aromatic heterocycles. The molecule has 2 saturated carbocycles. The molecule has 1 aliphatic heterocycles. The molecule has 5 atom stereocenters. The Morgan fingerprint density at radius 3 is 2.19 bits per heavy atom. The van der Waals surface area contributed by atoms with E-state index < -0.39 is 6.04 Å². The van der Waals surface area contributed by atoms with Crippen LogP contribution < -0.4 is 10.1 Å². The quantitative estimate of drug-likeness (QED) is 0.731. The van der Waals surface area contributed by atoms with E-state index in [-0.39, 0.29) is 29.6 Å². The average Bonchev–Trinajstić information content (AvgIpc) is 3.47. The normalized spacial score (nSPS) is 27.3. The summed E-state index contributed by atoms with van der Waals surface area (Å²) in [6.07, 6.45) is 3.30. The molecule has 2 aromatic carbocycles. The van der Waals surface area contributed by atoms with Crippen molar-refractivity contribution in [1.29, 1.82) is 0 Å². The Morgan fingerprint density at radius 2 is 1.61 bits per heavy atom. The van der Waals surface area contributed by atoms with E-state index in [2.05, 4.69) is 5.32 Å². The second-order valence-electron chi connectivity index (χ2n) is 8.85. The number of anilines is 1. The summed E-state index contributed by atoms with van der Waals surface area (Å²) in [7, 11) is 1.58. The van der Waals surface area contributed by atoms with Gasteiger partial charge in [0, 0.05) is 12.1 Å². The Kier molecular flexibility index (Phi) is 5.00. The molecule has 1 saturated heterocycles. The molecule has 1 N–H and O–H groups in total. The topological polar surface area (TPSA) is 75.7 Å². The highest BCUT2D eigenvalue weighted by Crippen LogP contribution is 2.56. The lowest BCUT2D eigenvalue weighted by Crippen LogP contribution is -2.49. The van der Waals surface area contributed by atoms with E-state index in [0.29, 0.717) is 29.7 Å². The first-order valence-corrected chi connectivity index (χ1v) is 10.9. The summed E-state index contributed by atoms with van der Waals surface area (Å²) in [4.78, 5) is 41.4. The van der Waals surface area contributed by atoms with Crippen LogP contribution in [0.3, 0.4) is 0 Å². The smallest absolute Gasteiger partial charge is 0.248 e. The molecule has 2 aliphatic carbocycles. The summed E-state index contributed by atoms with van der Waals surface area (Å²) < 4.78 is 5.17. The van der Waals surface area contributed by atoms with Crippen molar-refractivity contribution in [1.82, 2.24) is 4.90 Å². The maximum atomic E-state index is 13.4. The number of hydrogen-bond acceptors (Lipinski definition) is 4. The first-order chi connectivity index (χ1) is 15.1. The largest absolute Gasteiger partial charge is 0.497 e. The number of ether oxygens (including phenoxy) is 1. The van der Waals surface area contributed by atoms with E-state index in [0.717, 1.165) is 24.8 Å². The number of benzene rings is 2. The predicted molar refractivity (Wildman–Crippen MR) is 115 cm³/mol. The predicted octanol–water partition coefficient (Wildman–Crippen LogP) is 3.28. The summed E-state index contributed by atoms with van der Waals surface area (Å²) in [5.41, 5.74) is 1.52. The van der Waals surface area contributed by atoms with Gasteiger partial charge in [-0.05, 0) is 60.9 Å². The lowest BCUT2D eigenvalue weighted by molar-refractivity contribution is -0.147. The maximum absolute atomic E-state index is 13.4. The van der Waals surface area contributed by atoms with E-state index >= 15 is 0 Å². The molecular formula is C25H26N2O4. The van der Waals surface area contributed by atoms with Crippen LogP contribution >= 0.6 is 0 Å². The van der Waals surface area contributed by atoms with Crippen molar-refractivity contribution in [2.45, 2.75) is 31.7 Å². The Morgan fingerprint density at radius 1 is 1.00 bits per heavy atom. The lowest BCUT2D eigenvalue weighted by Gasteiger charge is -2.27. The third-order valence-electron chi connectivity index (χ3n) is 7.21. The molecule has 5 rings (SSSR count). The van der Waals surface area contributed by atoms with Crippen molar-refractivity contribution in [3.05, 3.63) is 60.2 Å². The molecule has 0 radical (unpaired) electrons. The molecule has 2 bridgehead atoms. The summed E-state index contributed by atoms with van der Waals surface area (Å²) in [5, 5.41) is 2.89. The van der Waals surface area contributed by atoms with Gasteiger partial charge >= 0.3 is 0 Å². The fraction of sp³-hybridized carbons (Fsp3) is 0.400. The summed E-state index contributed by atoms with van der Waals surface area (Å²) in [5.74, 6) is 0.129. The van der Waals surface area contributed by atoms with Crippen LogP contribution in [0, 0.1) is 23.7 Å². The minimum absolute atomic E-state index is 0.159. The third-order valence-corrected chi connectivity index (χ3v) is 7.21. The van der Waals surface area contributed by atoms with Gasteiger partial charge in [-0.25, -0.2) is 0 Å². The molecule has 0 unspecified atom stereocenters. The van der Waals surface area contributed by atoms with Crippen LogP contribution in [0.1, 0.15) is 24.8 Å². The highest BCUT2D eigenvalue weighted by atomic mass is 16.5. The minimum atomic E-state index is -0.866. The second kappa shape index (κ2) is 7.84. The van der Waals surface area contributed by atoms with Crippen molar-refractivity contribution in [2.75, 3.05) is 12.4 Å². The number of carbonyl (C=O) groups is 3. The molecule has 3 aliphatic rings. The van der Waals surface area contributed by atoms with E-state index in [9.17, 15) is 14.4 Å². The summed E-state index contributed by atoms with van der Waals surface area (Å²) in [6, 6.07) is 15.7. The van der Waals surface area contributed by atoms with Crippen LogP contribution in [-0.4, -0.2) is 35.8 Å². The Balaban J connectivity index is 1.43. The van der Waals surface area contributed by atoms with Gasteiger partial charge in [-0.2, -0.15) is 0 Å². The van der Waals surface area contributed by atoms with Gasteiger partial charge in [0.05, 0.1) is 18.9 Å². The van der Waals surface area contributed by atoms with Gasteiger partial charge < -0.3 is 10.1 Å². The van der Waals surface area contributed by atoms with Gasteiger partial charge in [-0.3, -0.25) is 19.3 Å². The van der Waals surface area contributed by atoms with Crippen LogP contribution in [0.15, 0.2) is 54.6 Å². The number of rotatable bonds is 6. The second-order valence-corrected chi connectivity index (χ2v) is 8.85. The van der Waals surface area contributed by atoms with Crippen molar-refractivity contribution >= 4 is 23.4 Å². The molecule has 160 valence electrons. The van der Waals surface area contributed by atoms with E-state index in [1.54, 1.807) is 31.4 Å². The number of likely N-dealkylation sites (tertiary alicyclic amines) is 1. The number of nitrogens with one attached hydrogen (secondary N) is 1. The first kappa shape index (κ1) is 19.8. The SMILES string of the molecule is COc1ccc(NC(=O)[C@H](Cc2ccccc2)N2C(=O)[C@H]3[C@H]4CC[C@@H](C4)[C@@H]3C2=O)cc1. The van der Waals surface area contributed by atoms with Gasteiger partial charge in [0.15, 0.2) is 0 Å². The Labute approximate surface area is 181 Å². The van der Waals surface area contributed by atoms with Crippen LogP contribution in [0.4, 0.5) is 5.69 Å². The maximum Gasteiger partial charge on any atom is 0.248 e. The number of imide groups is 1. The lowest BCUT2D eigenvalue weighted by atomic mass is 9.81. The minimum Gasteiger partial charge on any atom is -0.497 e. The van der Waals surface area contributed by atoms with Gasteiger partial charge in [-0.1, -0.05) is 30.3 Å². The molecule has 6 nitrogen and oxygen atoms in total. The zero-order valence-electron chi connectivity index (χ0n) is 17.5. The highest BCUT2D eigenvalue weighted by molar-refractivity contribution is 6.10. The van der Waals surface area contributed by atoms with Gasteiger partial charge in [0.1, 0.15) is 11.8 Å². The van der Waals surface area contributed by atoms with E-state index in [1.165, 1.54) is 4.90 Å². The van der Waals surface area contributed by atoms with E-state index in [4.69, 9.17) is 4.74 Å². The van der Waals surface area contributed by atoms with Crippen LogP contribution in [-0.2, 0) is 20.8 Å². The fourth-order valence-corrected chi connectivity index (χ4v) is 5.78. The molecule has 3 fully saturated rings. The summed E-state index contributed by atoms with van der Waals surface area (Å²) in [6.45, 7) is 0. The van der Waals surface area contributed by atoms with Gasteiger partial charge in [-0.15, -0.1) is 0 Å². The van der Waals surface area contributed by atoms with Crippen LogP contribution in [0.5, 0.6) is 5.75 Å². The number of amides is 3. The van der Waals surface area contributed by atoms with Crippen molar-refractivity contribution in [3.8, 4) is 5.75 Å². The Bertz CT molecular complexity index is 976. The summed E-state index contributed by atoms with van der Waals surface area (Å²) >= 11 is 0. The number of methoxy groups -OCH3 is 1. The van der Waals surface area contributed by atoms with E-state index in [1.807, 2.05) is 30.3 Å². The van der Waals surface area contributed by atoms with Crippen molar-refractivity contribution in [2.24, 2.45) is 23.7 Å². The molecule has 0 spiro atoms. The highest BCUT2D eigenvalue weighted by Gasteiger charge is 2.62. The third kappa shape index (κ3) is 3.40. The standard InChI is InChI=1S/C25H26N2O4/c1-31-19-11-9-18(10-12-19)26-23(28)20(13-15-5-3-2-4-6-15)27-24(29)21-16-7-8-17(14-16)22(21)25(27)30/h2-6,9-12,16-17,20-22H,7-8,13-14H2,1H3,(H,26,28)/t16-,17-,20-,21-,22-/m0/s1. The number of fused-ring (bicyclic) bond motifs is 5. The monoisotopic (exact) mass is 418 g/mol. The molecule has 2 aromatic rings. The van der Waals surface area contributed by atoms with Crippen LogP contribution in [0.2, 0.25) is 0 Å². The average molecular weight is 418 g/mol. The van der Waals surface area contributed by atoms with Crippen LogP contribution in [0.25, 0.3) is 0 Å². The Hall–Kier alpha value is -3.15. The van der Waals surface area contributed by atoms with Gasteiger partial charge in [0.2, 0.25) is 17.7 Å². The zero-order valence-corrected chi connectivity index (χ0v) is 17.5. The molecule has 3 amide bonds. The molecule has 31 heavy (non-hydrogen) atoms. The molecule has 1 heterocycles. The van der Waals surface area contributed by atoms with Gasteiger partial charge in [0.25, 0.3) is 0 Å². The van der Waals surface area contributed by atoms with Crippen molar-refractivity contribution < 1.29 is 19.1 Å².